The Kier molecular flexibility index (Phi) is 10.7. The first-order valence-electron chi connectivity index (χ1n) is 7.43. The smallest absolute Gasteiger partial charge is 0.326 e. The Morgan fingerprint density at radius 1 is 0.885 bits per heavy atom. The molecule has 0 aliphatic heterocycles. The SMILES string of the molecule is CC(N)C(=O)NC(CS)C(=O)NC(CS)C(=O)NC(CC(N)=O)C(=O)O. The summed E-state index contributed by atoms with van der Waals surface area (Å²) in [5, 5.41) is 15.8. The maximum atomic E-state index is 12.2. The van der Waals surface area contributed by atoms with Gasteiger partial charge < -0.3 is 32.5 Å². The quantitative estimate of drug-likeness (QED) is 0.163. The van der Waals surface area contributed by atoms with Gasteiger partial charge in [-0.3, -0.25) is 19.2 Å². The van der Waals surface area contributed by atoms with Crippen LogP contribution in [0.1, 0.15) is 13.3 Å². The molecule has 0 spiro atoms. The topological polar surface area (TPSA) is 194 Å². The zero-order valence-electron chi connectivity index (χ0n) is 14.0. The summed E-state index contributed by atoms with van der Waals surface area (Å²) in [6.07, 6.45) is -0.613. The average molecular weight is 409 g/mol. The molecule has 0 saturated carbocycles. The second-order valence-electron chi connectivity index (χ2n) is 5.35. The van der Waals surface area contributed by atoms with Crippen LogP contribution in [0, 0.1) is 0 Å². The molecule has 0 aliphatic rings. The third kappa shape index (κ3) is 8.40. The van der Waals surface area contributed by atoms with E-state index in [0.29, 0.717) is 0 Å². The van der Waals surface area contributed by atoms with E-state index in [2.05, 4.69) is 41.2 Å². The zero-order chi connectivity index (χ0) is 20.4. The second-order valence-corrected chi connectivity index (χ2v) is 6.08. The maximum Gasteiger partial charge on any atom is 0.326 e. The lowest BCUT2D eigenvalue weighted by molar-refractivity contribution is -0.143. The fraction of sp³-hybridized carbons (Fsp3) is 0.615. The molecule has 0 rings (SSSR count). The molecule has 0 aliphatic carbocycles. The molecular weight excluding hydrogens is 386 g/mol. The van der Waals surface area contributed by atoms with Crippen molar-refractivity contribution in [1.82, 2.24) is 16.0 Å². The van der Waals surface area contributed by atoms with Gasteiger partial charge in [-0.1, -0.05) is 0 Å². The van der Waals surface area contributed by atoms with Crippen LogP contribution < -0.4 is 27.4 Å². The molecule has 13 heteroatoms. The number of thiol groups is 2. The summed E-state index contributed by atoms with van der Waals surface area (Å²) in [5.74, 6) is -4.80. The molecule has 4 amide bonds. The Hall–Kier alpha value is -1.99. The number of hydrogen-bond acceptors (Lipinski definition) is 8. The van der Waals surface area contributed by atoms with Crippen molar-refractivity contribution in [3.05, 3.63) is 0 Å². The van der Waals surface area contributed by atoms with Crippen molar-refractivity contribution in [2.45, 2.75) is 37.5 Å². The summed E-state index contributed by atoms with van der Waals surface area (Å²) in [4.78, 5) is 57.8. The predicted octanol–water partition coefficient (Wildman–Crippen LogP) is -3.39. The van der Waals surface area contributed by atoms with Crippen LogP contribution in [-0.2, 0) is 24.0 Å². The van der Waals surface area contributed by atoms with E-state index in [0.717, 1.165) is 0 Å². The fourth-order valence-corrected chi connectivity index (χ4v) is 2.15. The lowest BCUT2D eigenvalue weighted by Gasteiger charge is -2.23. The van der Waals surface area contributed by atoms with Gasteiger partial charge in [0.25, 0.3) is 0 Å². The Balaban J connectivity index is 4.96. The van der Waals surface area contributed by atoms with Crippen LogP contribution in [0.3, 0.4) is 0 Å². The first-order chi connectivity index (χ1) is 12.0. The number of nitrogens with two attached hydrogens (primary N) is 2. The molecule has 0 saturated heterocycles. The number of carboxylic acid groups (broad SMARTS) is 1. The molecule has 148 valence electrons. The van der Waals surface area contributed by atoms with E-state index in [1.54, 1.807) is 0 Å². The van der Waals surface area contributed by atoms with Crippen LogP contribution in [0.4, 0.5) is 0 Å². The van der Waals surface area contributed by atoms with Crippen LogP contribution in [0.2, 0.25) is 0 Å². The second kappa shape index (κ2) is 11.6. The van der Waals surface area contributed by atoms with Crippen molar-refractivity contribution in [3.63, 3.8) is 0 Å². The summed E-state index contributed by atoms with van der Waals surface area (Å²) >= 11 is 7.89. The van der Waals surface area contributed by atoms with Crippen LogP contribution in [0.25, 0.3) is 0 Å². The number of rotatable bonds is 11. The van der Waals surface area contributed by atoms with E-state index in [4.69, 9.17) is 16.6 Å². The van der Waals surface area contributed by atoms with Gasteiger partial charge in [-0.05, 0) is 6.92 Å². The van der Waals surface area contributed by atoms with Crippen LogP contribution in [0.15, 0.2) is 0 Å². The summed E-state index contributed by atoms with van der Waals surface area (Å²) < 4.78 is 0. The van der Waals surface area contributed by atoms with Gasteiger partial charge in [0.05, 0.1) is 12.5 Å². The van der Waals surface area contributed by atoms with Gasteiger partial charge in [0.15, 0.2) is 0 Å². The Labute approximate surface area is 160 Å². The molecule has 8 N–H and O–H groups in total. The number of aliphatic carboxylic acids is 1. The van der Waals surface area contributed by atoms with E-state index in [9.17, 15) is 24.0 Å². The van der Waals surface area contributed by atoms with Gasteiger partial charge in [0.1, 0.15) is 18.1 Å². The standard InChI is InChI=1S/C13H23N5O6S2/c1-5(14)10(20)17-7(3-25)12(22)18-8(4-26)11(21)16-6(13(23)24)2-9(15)19/h5-8,25-26H,2-4,14H2,1H3,(H2,15,19)(H,16,21)(H,17,20)(H,18,22)(H,23,24). The van der Waals surface area contributed by atoms with Crippen molar-refractivity contribution in [2.75, 3.05) is 11.5 Å². The van der Waals surface area contributed by atoms with Crippen molar-refractivity contribution in [2.24, 2.45) is 11.5 Å². The summed E-state index contributed by atoms with van der Waals surface area (Å²) in [6.45, 7) is 1.43. The number of nitrogens with one attached hydrogen (secondary N) is 3. The normalized spacial score (nSPS) is 15.1. The highest BCUT2D eigenvalue weighted by Gasteiger charge is 2.29. The first-order valence-corrected chi connectivity index (χ1v) is 8.69. The molecule has 0 aromatic heterocycles. The fourth-order valence-electron chi connectivity index (χ4n) is 1.64. The average Bonchev–Trinajstić information content (AvgIpc) is 2.55. The predicted molar refractivity (Wildman–Crippen MR) is 98.6 cm³/mol. The van der Waals surface area contributed by atoms with Gasteiger partial charge >= 0.3 is 5.97 Å². The molecular formula is C13H23N5O6S2. The minimum absolute atomic E-state index is 0.0649. The Morgan fingerprint density at radius 2 is 1.27 bits per heavy atom. The Bertz CT molecular complexity index is 559. The molecule has 4 atom stereocenters. The third-order valence-electron chi connectivity index (χ3n) is 3.06. The minimum atomic E-state index is -1.54. The lowest BCUT2D eigenvalue weighted by atomic mass is 10.1. The zero-order valence-corrected chi connectivity index (χ0v) is 15.8. The highest BCUT2D eigenvalue weighted by atomic mass is 32.1. The van der Waals surface area contributed by atoms with E-state index < -0.39 is 60.2 Å². The number of carboxylic acids is 1. The lowest BCUT2D eigenvalue weighted by Crippen LogP contribution is -2.58. The third-order valence-corrected chi connectivity index (χ3v) is 3.79. The van der Waals surface area contributed by atoms with Gasteiger partial charge in [0.2, 0.25) is 23.6 Å². The number of amides is 4. The number of carbonyl (C=O) groups excluding carboxylic acids is 4. The van der Waals surface area contributed by atoms with Gasteiger partial charge in [-0.2, -0.15) is 25.3 Å². The van der Waals surface area contributed by atoms with Crippen molar-refractivity contribution in [1.29, 1.82) is 0 Å². The molecule has 11 nitrogen and oxygen atoms in total. The highest BCUT2D eigenvalue weighted by Crippen LogP contribution is 1.98. The number of primary amides is 1. The van der Waals surface area contributed by atoms with E-state index in [1.807, 2.05) is 0 Å². The molecule has 0 bridgehead atoms. The number of hydrogen-bond donors (Lipinski definition) is 8. The van der Waals surface area contributed by atoms with Gasteiger partial charge in [0, 0.05) is 11.5 Å². The van der Waals surface area contributed by atoms with E-state index in [-0.39, 0.29) is 11.5 Å². The largest absolute Gasteiger partial charge is 0.480 e. The van der Waals surface area contributed by atoms with Gasteiger partial charge in [-0.15, -0.1) is 0 Å². The van der Waals surface area contributed by atoms with Crippen LogP contribution in [0.5, 0.6) is 0 Å². The maximum absolute atomic E-state index is 12.2. The van der Waals surface area contributed by atoms with E-state index >= 15 is 0 Å². The minimum Gasteiger partial charge on any atom is -0.480 e. The molecule has 26 heavy (non-hydrogen) atoms. The summed E-state index contributed by atoms with van der Waals surface area (Å²) in [5.41, 5.74) is 10.3. The van der Waals surface area contributed by atoms with Crippen LogP contribution >= 0.6 is 25.3 Å². The molecule has 4 unspecified atom stereocenters. The molecule has 0 heterocycles. The van der Waals surface area contributed by atoms with E-state index in [1.165, 1.54) is 6.92 Å². The Morgan fingerprint density at radius 3 is 1.58 bits per heavy atom. The molecule has 0 radical (unpaired) electrons. The molecule has 0 aromatic rings. The first kappa shape index (κ1) is 24.0. The van der Waals surface area contributed by atoms with Crippen molar-refractivity contribution >= 4 is 54.9 Å². The van der Waals surface area contributed by atoms with Gasteiger partial charge in [-0.25, -0.2) is 4.79 Å². The van der Waals surface area contributed by atoms with Crippen LogP contribution in [-0.4, -0.2) is 70.4 Å². The highest BCUT2D eigenvalue weighted by molar-refractivity contribution is 7.80. The van der Waals surface area contributed by atoms with Crippen molar-refractivity contribution < 1.29 is 29.1 Å². The summed E-state index contributed by atoms with van der Waals surface area (Å²) in [6, 6.07) is -4.67. The number of carbonyl (C=O) groups is 5. The molecule has 0 aromatic carbocycles. The molecule has 0 fully saturated rings. The summed E-state index contributed by atoms with van der Waals surface area (Å²) in [7, 11) is 0. The van der Waals surface area contributed by atoms with Crippen molar-refractivity contribution in [3.8, 4) is 0 Å². The monoisotopic (exact) mass is 409 g/mol.